The number of amides is 2. The molecule has 0 aliphatic carbocycles. The molecule has 2 rings (SSSR count). The molecule has 0 bridgehead atoms. The van der Waals surface area contributed by atoms with Gasteiger partial charge in [0.05, 0.1) is 32.8 Å². The molecule has 0 atom stereocenters. The van der Waals surface area contributed by atoms with E-state index in [9.17, 15) is 26.8 Å². The van der Waals surface area contributed by atoms with Crippen molar-refractivity contribution in [2.75, 3.05) is 39.3 Å². The Labute approximate surface area is 149 Å². The molecule has 1 aliphatic heterocycles. The maximum absolute atomic E-state index is 13.8. The molecule has 144 valence electrons. The van der Waals surface area contributed by atoms with Gasteiger partial charge < -0.3 is 9.64 Å². The molecular weight excluding hydrogens is 372 g/mol. The molecule has 1 aliphatic rings. The predicted molar refractivity (Wildman–Crippen MR) is 85.8 cm³/mol. The van der Waals surface area contributed by atoms with Crippen LogP contribution in [0.15, 0.2) is 23.1 Å². The Hall–Kier alpha value is -2.11. The molecule has 8 nitrogen and oxygen atoms in total. The van der Waals surface area contributed by atoms with Gasteiger partial charge in [0.2, 0.25) is 10.0 Å². The average Bonchev–Trinajstić information content (AvgIpc) is 2.55. The van der Waals surface area contributed by atoms with Crippen molar-refractivity contribution in [2.24, 2.45) is 0 Å². The van der Waals surface area contributed by atoms with Crippen LogP contribution < -0.4 is 10.2 Å². The Morgan fingerprint density at radius 1 is 1.27 bits per heavy atom. The summed E-state index contributed by atoms with van der Waals surface area (Å²) in [5.41, 5.74) is 0. The van der Waals surface area contributed by atoms with Gasteiger partial charge in [0.1, 0.15) is 16.5 Å². The summed E-state index contributed by atoms with van der Waals surface area (Å²) < 4.78 is 57.4. The number of halogens is 2. The SMILES string of the molecule is CCOC(=O)NC(=O)C[NH+]1CCN(S(=O)(=O)c2ccc(F)cc2F)CC1. The fourth-order valence-electron chi connectivity index (χ4n) is 2.60. The Kier molecular flexibility index (Phi) is 6.62. The number of carbonyl (C=O) groups is 2. The lowest BCUT2D eigenvalue weighted by Gasteiger charge is -2.31. The summed E-state index contributed by atoms with van der Waals surface area (Å²) in [6, 6.07) is 2.30. The van der Waals surface area contributed by atoms with Gasteiger partial charge in [0, 0.05) is 6.07 Å². The van der Waals surface area contributed by atoms with Crippen molar-refractivity contribution in [1.29, 1.82) is 0 Å². The lowest BCUT2D eigenvalue weighted by Crippen LogP contribution is -3.15. The van der Waals surface area contributed by atoms with Crippen LogP contribution in [0, 0.1) is 11.6 Å². The maximum atomic E-state index is 13.8. The van der Waals surface area contributed by atoms with Crippen LogP contribution in [0.2, 0.25) is 0 Å². The minimum Gasteiger partial charge on any atom is -0.450 e. The lowest BCUT2D eigenvalue weighted by molar-refractivity contribution is -0.895. The van der Waals surface area contributed by atoms with Gasteiger partial charge in [-0.2, -0.15) is 4.31 Å². The largest absolute Gasteiger partial charge is 0.450 e. The van der Waals surface area contributed by atoms with Gasteiger partial charge in [-0.25, -0.2) is 22.0 Å². The van der Waals surface area contributed by atoms with Gasteiger partial charge in [-0.05, 0) is 19.1 Å². The van der Waals surface area contributed by atoms with Crippen molar-refractivity contribution in [2.45, 2.75) is 11.8 Å². The van der Waals surface area contributed by atoms with Crippen LogP contribution in [0.3, 0.4) is 0 Å². The number of nitrogens with zero attached hydrogens (tertiary/aromatic N) is 1. The molecule has 1 saturated heterocycles. The fraction of sp³-hybridized carbons (Fsp3) is 0.467. The number of carbonyl (C=O) groups excluding carboxylic acids is 2. The molecule has 1 heterocycles. The minimum absolute atomic E-state index is 0.0163. The molecular formula is C15H20F2N3O5S+. The van der Waals surface area contributed by atoms with Crippen molar-refractivity contribution in [3.05, 3.63) is 29.8 Å². The third-order valence-corrected chi connectivity index (χ3v) is 5.80. The topological polar surface area (TPSA) is 97.2 Å². The van der Waals surface area contributed by atoms with Gasteiger partial charge in [-0.15, -0.1) is 0 Å². The zero-order valence-electron chi connectivity index (χ0n) is 14.1. The first-order valence-electron chi connectivity index (χ1n) is 7.99. The smallest absolute Gasteiger partial charge is 0.414 e. The highest BCUT2D eigenvalue weighted by molar-refractivity contribution is 7.89. The van der Waals surface area contributed by atoms with Crippen molar-refractivity contribution < 1.29 is 36.4 Å². The van der Waals surface area contributed by atoms with Crippen LogP contribution in [0.25, 0.3) is 0 Å². The number of imide groups is 1. The van der Waals surface area contributed by atoms with E-state index < -0.39 is 38.6 Å². The van der Waals surface area contributed by atoms with Gasteiger partial charge in [0.25, 0.3) is 5.91 Å². The molecule has 26 heavy (non-hydrogen) atoms. The van der Waals surface area contributed by atoms with Gasteiger partial charge >= 0.3 is 6.09 Å². The molecule has 0 aromatic heterocycles. The van der Waals surface area contributed by atoms with Crippen molar-refractivity contribution in [3.63, 3.8) is 0 Å². The second-order valence-corrected chi connectivity index (χ2v) is 7.58. The molecule has 1 aromatic carbocycles. The first kappa shape index (κ1) is 20.2. The van der Waals surface area contributed by atoms with E-state index in [2.05, 4.69) is 10.1 Å². The molecule has 0 unspecified atom stereocenters. The molecule has 1 aromatic rings. The summed E-state index contributed by atoms with van der Waals surface area (Å²) in [6.45, 7) is 2.48. The molecule has 0 spiro atoms. The molecule has 11 heteroatoms. The summed E-state index contributed by atoms with van der Waals surface area (Å²) in [4.78, 5) is 23.1. The number of ether oxygens (including phenoxy) is 1. The maximum Gasteiger partial charge on any atom is 0.414 e. The highest BCUT2D eigenvalue weighted by Crippen LogP contribution is 2.20. The van der Waals surface area contributed by atoms with Gasteiger partial charge in [-0.3, -0.25) is 10.1 Å². The lowest BCUT2D eigenvalue weighted by atomic mass is 10.3. The Morgan fingerprint density at radius 2 is 1.92 bits per heavy atom. The molecule has 2 amide bonds. The number of alkyl carbamates (subject to hydrolysis) is 1. The number of quaternary nitrogens is 1. The summed E-state index contributed by atoms with van der Waals surface area (Å²) in [7, 11) is -4.08. The molecule has 2 N–H and O–H groups in total. The third-order valence-electron chi connectivity index (χ3n) is 3.87. The summed E-state index contributed by atoms with van der Waals surface area (Å²) in [5, 5.41) is 2.07. The first-order chi connectivity index (χ1) is 12.2. The van der Waals surface area contributed by atoms with E-state index in [1.54, 1.807) is 6.92 Å². The number of rotatable bonds is 5. The van der Waals surface area contributed by atoms with E-state index in [4.69, 9.17) is 0 Å². The normalized spacial score (nSPS) is 16.3. The first-order valence-corrected chi connectivity index (χ1v) is 9.43. The Morgan fingerprint density at radius 3 is 2.50 bits per heavy atom. The van der Waals surface area contributed by atoms with Crippen LogP contribution in [0.4, 0.5) is 13.6 Å². The number of nitrogens with one attached hydrogen (secondary N) is 2. The summed E-state index contributed by atoms with van der Waals surface area (Å²) in [5.74, 6) is -2.53. The van der Waals surface area contributed by atoms with Crippen LogP contribution in [0.5, 0.6) is 0 Å². The number of sulfonamides is 1. The third kappa shape index (κ3) is 4.96. The zero-order valence-corrected chi connectivity index (χ0v) is 14.9. The van der Waals surface area contributed by atoms with Gasteiger partial charge in [-0.1, -0.05) is 0 Å². The van der Waals surface area contributed by atoms with E-state index in [1.165, 1.54) is 0 Å². The van der Waals surface area contributed by atoms with E-state index in [0.29, 0.717) is 19.2 Å². The standard InChI is InChI=1S/C15H19F2N3O5S/c1-2-25-15(22)18-14(21)10-19-5-7-20(8-6-19)26(23,24)13-4-3-11(16)9-12(13)17/h3-4,9H,2,5-8,10H2,1H3,(H,18,21,22)/p+1. The van der Waals surface area contributed by atoms with Crippen LogP contribution in [0.1, 0.15) is 6.92 Å². The number of benzene rings is 1. The predicted octanol–water partition coefficient (Wildman–Crippen LogP) is -0.873. The monoisotopic (exact) mass is 392 g/mol. The Bertz CT molecular complexity index is 779. The van der Waals surface area contributed by atoms with Crippen molar-refractivity contribution in [1.82, 2.24) is 9.62 Å². The highest BCUT2D eigenvalue weighted by Gasteiger charge is 2.33. The van der Waals surface area contributed by atoms with Crippen molar-refractivity contribution >= 4 is 22.0 Å². The second-order valence-electron chi connectivity index (χ2n) is 5.67. The quantitative estimate of drug-likeness (QED) is 0.679. The molecule has 0 radical (unpaired) electrons. The molecule has 0 saturated carbocycles. The molecule has 1 fully saturated rings. The average molecular weight is 392 g/mol. The van der Waals surface area contributed by atoms with Crippen LogP contribution in [-0.2, 0) is 19.6 Å². The van der Waals surface area contributed by atoms with Crippen molar-refractivity contribution in [3.8, 4) is 0 Å². The van der Waals surface area contributed by atoms with Crippen LogP contribution >= 0.6 is 0 Å². The zero-order chi connectivity index (χ0) is 19.3. The van der Waals surface area contributed by atoms with E-state index in [-0.39, 0.29) is 26.2 Å². The van der Waals surface area contributed by atoms with Gasteiger partial charge in [0.15, 0.2) is 6.54 Å². The number of piperazine rings is 1. The summed E-state index contributed by atoms with van der Waals surface area (Å²) >= 11 is 0. The highest BCUT2D eigenvalue weighted by atomic mass is 32.2. The van der Waals surface area contributed by atoms with E-state index in [0.717, 1.165) is 21.3 Å². The minimum atomic E-state index is -4.08. The second kappa shape index (κ2) is 8.52. The summed E-state index contributed by atoms with van der Waals surface area (Å²) in [6.07, 6.45) is -0.829. The fourth-order valence-corrected chi connectivity index (χ4v) is 4.08. The Balaban J connectivity index is 1.93. The van der Waals surface area contributed by atoms with E-state index in [1.807, 2.05) is 0 Å². The number of hydrogen-bond donors (Lipinski definition) is 2. The number of hydrogen-bond acceptors (Lipinski definition) is 5. The van der Waals surface area contributed by atoms with E-state index >= 15 is 0 Å². The van der Waals surface area contributed by atoms with Crippen LogP contribution in [-0.4, -0.2) is 64.1 Å².